The van der Waals surface area contributed by atoms with E-state index in [4.69, 9.17) is 15.3 Å². The van der Waals surface area contributed by atoms with Crippen LogP contribution in [0.15, 0.2) is 244 Å². The topological polar surface area (TPSA) is 338 Å². The van der Waals surface area contributed by atoms with E-state index in [1.54, 1.807) is 111 Å². The Balaban J connectivity index is 0.000000143. The maximum absolute atomic E-state index is 13.3. The van der Waals surface area contributed by atoms with Crippen molar-refractivity contribution in [3.63, 3.8) is 0 Å². The normalized spacial score (nSPS) is 10.8. The van der Waals surface area contributed by atoms with Gasteiger partial charge in [-0.3, -0.25) is 29.9 Å². The Labute approximate surface area is 790 Å². The molecule has 18 heterocycles. The van der Waals surface area contributed by atoms with Gasteiger partial charge >= 0.3 is 24.1 Å². The third kappa shape index (κ3) is 20.5. The van der Waals surface area contributed by atoms with Crippen LogP contribution in [0.5, 0.6) is 0 Å². The average Bonchev–Trinajstić information content (AvgIpc) is 1.42. The summed E-state index contributed by atoms with van der Waals surface area (Å²) in [5.74, 6) is -3.57. The number of aromatic amines is 1. The second kappa shape index (κ2) is 41.8. The summed E-state index contributed by atoms with van der Waals surface area (Å²) >= 11 is 0. The number of nitrogens with one attached hydrogen (secondary N) is 1. The molecule has 0 atom stereocenters. The molecular formula is C94H71F5Ir4N21O6-5. The molecule has 0 spiro atoms. The van der Waals surface area contributed by atoms with Gasteiger partial charge < -0.3 is 72.5 Å². The minimum atomic E-state index is -4.46. The Kier molecular flexibility index (Phi) is 31.0. The number of carbonyl (C=O) groups is 3. The fourth-order valence-electron chi connectivity index (χ4n) is 14.3. The Morgan fingerprint density at radius 1 is 0.462 bits per heavy atom. The van der Waals surface area contributed by atoms with Crippen molar-refractivity contribution in [3.05, 3.63) is 332 Å². The number of aryl methyl sites for hydroxylation is 8. The molecule has 22 rings (SSSR count). The number of fused-ring (bicyclic) bond motifs is 19. The smallest absolute Gasteiger partial charge is 0.431 e. The number of imidazole rings is 4. The van der Waals surface area contributed by atoms with Crippen LogP contribution in [0.2, 0.25) is 0 Å². The van der Waals surface area contributed by atoms with Crippen molar-refractivity contribution in [2.45, 2.75) is 40.8 Å². The predicted molar refractivity (Wildman–Crippen MR) is 467 cm³/mol. The number of para-hydroxylation sites is 4. The molecule has 4 radical (unpaired) electrons. The third-order valence-corrected chi connectivity index (χ3v) is 20.5. The zero-order valence-electron chi connectivity index (χ0n) is 69.8. The van der Waals surface area contributed by atoms with Crippen LogP contribution in [0, 0.1) is 70.8 Å². The second-order valence-corrected chi connectivity index (χ2v) is 28.5. The van der Waals surface area contributed by atoms with Gasteiger partial charge in [0.15, 0.2) is 0 Å². The fraction of sp³-hybridized carbons (Fsp3) is 0.106. The molecule has 18 aromatic heterocycles. The maximum atomic E-state index is 13.3. The largest absolute Gasteiger partial charge is 0.573 e. The molecule has 4 N–H and O–H groups in total. The summed E-state index contributed by atoms with van der Waals surface area (Å²) in [6, 6.07) is 61.4. The summed E-state index contributed by atoms with van der Waals surface area (Å²) in [5, 5.41) is 42.4. The van der Waals surface area contributed by atoms with E-state index in [1.807, 2.05) is 166 Å². The third-order valence-electron chi connectivity index (χ3n) is 20.5. The summed E-state index contributed by atoms with van der Waals surface area (Å²) < 4.78 is 74.3. The molecule has 27 nitrogen and oxygen atoms in total. The molecule has 22 aromatic rings. The zero-order chi connectivity index (χ0) is 88.8. The van der Waals surface area contributed by atoms with Crippen molar-refractivity contribution in [2.75, 3.05) is 0 Å². The van der Waals surface area contributed by atoms with Gasteiger partial charge in [0, 0.05) is 229 Å². The zero-order valence-corrected chi connectivity index (χ0v) is 79.4. The fourth-order valence-corrected chi connectivity index (χ4v) is 14.3. The molecular weight excluding hydrogens is 2380 g/mol. The number of nitrogens with zero attached hydrogens (tertiary/aromatic N) is 20. The Hall–Kier alpha value is -14.1. The number of aromatic carboxylic acids is 3. The van der Waals surface area contributed by atoms with Gasteiger partial charge in [-0.05, 0) is 123 Å². The number of carboxylic acids is 3. The minimum absolute atomic E-state index is 0. The molecule has 0 unspecified atom stereocenters. The quantitative estimate of drug-likeness (QED) is 0.0520. The van der Waals surface area contributed by atoms with E-state index < -0.39 is 41.7 Å². The number of hydrogen-bond acceptors (Lipinski definition) is 16. The van der Waals surface area contributed by atoms with Gasteiger partial charge in [0.2, 0.25) is 0 Å². The first-order valence-corrected chi connectivity index (χ1v) is 38.6. The monoisotopic (exact) mass is 2460 g/mol. The summed E-state index contributed by atoms with van der Waals surface area (Å²) in [7, 11) is 7.56. The molecule has 0 aliphatic carbocycles. The van der Waals surface area contributed by atoms with E-state index in [-0.39, 0.29) is 109 Å². The van der Waals surface area contributed by atoms with Crippen molar-refractivity contribution >= 4 is 127 Å². The minimum Gasteiger partial charge on any atom is -0.573 e. The van der Waals surface area contributed by atoms with Crippen LogP contribution >= 0.6 is 0 Å². The summed E-state index contributed by atoms with van der Waals surface area (Å²) in [6.45, 7) is 9.76. The number of hydrogen-bond donors (Lipinski definition) is 4. The number of pyridine rings is 10. The summed E-state index contributed by atoms with van der Waals surface area (Å²) in [6.07, 6.45) is 18.3. The van der Waals surface area contributed by atoms with Crippen LogP contribution in [0.1, 0.15) is 65.5 Å². The molecule has 0 saturated heterocycles. The van der Waals surface area contributed by atoms with E-state index in [0.29, 0.717) is 11.5 Å². The summed E-state index contributed by atoms with van der Waals surface area (Å²) in [5.41, 5.74) is 16.7. The van der Waals surface area contributed by atoms with Gasteiger partial charge in [-0.15, -0.1) is 42.5 Å². The van der Waals surface area contributed by atoms with Gasteiger partial charge in [-0.2, -0.15) is 13.2 Å². The number of rotatable bonds is 6. The number of carboxylic acid groups (broad SMARTS) is 3. The summed E-state index contributed by atoms with van der Waals surface area (Å²) in [4.78, 5) is 84.6. The average molecular weight is 2450 g/mol. The SMILES string of the molecule is Cc1c(C)n(C)c2cc(C(=O)O)ncc12.Cc1c[nH]c(-c2[c-]ccnc2)n1.Cc1cn(C)c(-c2[c-]cc(F)nc2F)n1.Cc1cn2c3ccccc3c3ncc[c-]c3c2n1.Cn1c2ccccc2c2cc(C(=O)O)ncc21.Cn1c2ccccc2c2cc(C(=O)O)ncc21.FC(F)(F)c1cc(-c2ccccn2)[n-]n1.[Ir].[Ir].[Ir].[Ir].[c-]1ccnc2c1c1nccn1c1ccccc21. The Morgan fingerprint density at radius 2 is 0.992 bits per heavy atom. The number of benzene rings is 4. The first-order valence-electron chi connectivity index (χ1n) is 38.6. The predicted octanol–water partition coefficient (Wildman–Crippen LogP) is 18.3. The molecule has 0 saturated carbocycles. The van der Waals surface area contributed by atoms with E-state index in [9.17, 15) is 36.3 Å². The number of H-pyrrole nitrogens is 1. The van der Waals surface area contributed by atoms with Crippen LogP contribution in [0.3, 0.4) is 0 Å². The Bertz CT molecular complexity index is 7580. The number of halogens is 5. The van der Waals surface area contributed by atoms with Crippen molar-refractivity contribution in [2.24, 2.45) is 28.2 Å². The van der Waals surface area contributed by atoms with Crippen molar-refractivity contribution in [1.82, 2.24) is 102 Å². The van der Waals surface area contributed by atoms with Crippen LogP contribution < -0.4 is 5.10 Å². The van der Waals surface area contributed by atoms with E-state index in [1.165, 1.54) is 6.20 Å². The molecule has 130 heavy (non-hydrogen) atoms. The standard InChI is InChI=1S/C15H10N3.C14H8N3.2C13H10N2O2.C11H12N2O2.C10H8F2N3.C9H5F3N3.C9H8N3.4Ir/c1-10-9-18-13-7-3-2-5-11(13)14-12(15(18)17-10)6-4-8-16-14;1-2-6-12-10(4-1)13-11(5-3-7-15-13)14-16-8-9-17(12)14;2*1-15-11-5-3-2-4-8(11)9-6-10(13(16)17)14-7-12(9)15;1-6-7(2)13(3)10-4-9(11(14)15)12-5-8(6)10;1-6-5-15(2)10(13-6)7-3-4-8(11)14-9(7)12;10-9(11,12)8-5-7(14-15-8)6-3-1-2-4-13-6;1-7-5-11-9(12-7)8-3-2-4-10-6-8;;;;/h2-5,7-9H,1H3;1-4,6-9H;2*2-7H,1H3,(H,16,17);4-5H,1-3H3,(H,14,15);4-5H,1-2H3;1-5H;2,4-6H,1H3,(H,11,12);;;;/q2*-1;;;;3*-1;;;;. The van der Waals surface area contributed by atoms with Crippen molar-refractivity contribution in [1.29, 1.82) is 0 Å². The van der Waals surface area contributed by atoms with Gasteiger partial charge in [-0.25, -0.2) is 38.1 Å². The van der Waals surface area contributed by atoms with E-state index in [2.05, 4.69) is 139 Å². The van der Waals surface area contributed by atoms with Gasteiger partial charge in [0.1, 0.15) is 34.7 Å². The van der Waals surface area contributed by atoms with Crippen LogP contribution in [-0.4, -0.2) is 130 Å². The molecule has 0 amide bonds. The van der Waals surface area contributed by atoms with Gasteiger partial charge in [0.25, 0.3) is 0 Å². The van der Waals surface area contributed by atoms with Crippen molar-refractivity contribution < 1.29 is 132 Å². The van der Waals surface area contributed by atoms with Gasteiger partial charge in [-0.1, -0.05) is 137 Å². The maximum Gasteiger partial charge on any atom is 0.431 e. The molecule has 0 bridgehead atoms. The number of aromatic nitrogens is 21. The van der Waals surface area contributed by atoms with Crippen LogP contribution in [-0.2, 0) is 115 Å². The second-order valence-electron chi connectivity index (χ2n) is 28.5. The van der Waals surface area contributed by atoms with E-state index >= 15 is 0 Å². The molecule has 664 valence electrons. The van der Waals surface area contributed by atoms with Crippen LogP contribution in [0.25, 0.3) is 144 Å². The van der Waals surface area contributed by atoms with Crippen molar-refractivity contribution in [3.8, 4) is 34.2 Å². The molecule has 0 aliphatic heterocycles. The first kappa shape index (κ1) is 96.6. The van der Waals surface area contributed by atoms with Gasteiger partial charge in [0.05, 0.1) is 51.9 Å². The van der Waals surface area contributed by atoms with E-state index in [0.717, 1.165) is 161 Å². The molecule has 0 aliphatic rings. The molecule has 4 aromatic carbocycles. The van der Waals surface area contributed by atoms with Crippen LogP contribution in [0.4, 0.5) is 22.0 Å². The number of alkyl halides is 3. The molecule has 36 heteroatoms. The molecule has 0 fully saturated rings. The Morgan fingerprint density at radius 3 is 1.51 bits per heavy atom. The first-order chi connectivity index (χ1) is 60.7.